The van der Waals surface area contributed by atoms with Gasteiger partial charge in [-0.2, -0.15) is 0 Å². The number of aliphatic hydroxyl groups is 1. The molecule has 4 heteroatoms. The minimum absolute atomic E-state index is 0.0326. The number of ether oxygens (including phenoxy) is 1. The quantitative estimate of drug-likeness (QED) is 0.834. The second kappa shape index (κ2) is 7.90. The average molecular weight is 279 g/mol. The van der Waals surface area contributed by atoms with Crippen LogP contribution >= 0.6 is 0 Å². The van der Waals surface area contributed by atoms with Gasteiger partial charge in [0, 0.05) is 13.1 Å². The molecule has 1 rings (SSSR count). The van der Waals surface area contributed by atoms with E-state index in [0.29, 0.717) is 24.8 Å². The number of hydrogen-bond acceptors (Lipinski definition) is 3. The van der Waals surface area contributed by atoms with Crippen LogP contribution in [0.3, 0.4) is 0 Å². The van der Waals surface area contributed by atoms with Crippen molar-refractivity contribution in [2.24, 2.45) is 0 Å². The van der Waals surface area contributed by atoms with Crippen molar-refractivity contribution in [3.63, 3.8) is 0 Å². The van der Waals surface area contributed by atoms with Gasteiger partial charge in [-0.3, -0.25) is 4.79 Å². The Labute approximate surface area is 121 Å². The molecule has 0 aliphatic heterocycles. The fourth-order valence-corrected chi connectivity index (χ4v) is 2.00. The van der Waals surface area contributed by atoms with E-state index in [1.165, 1.54) is 5.56 Å². The lowest BCUT2D eigenvalue weighted by Crippen LogP contribution is -2.41. The summed E-state index contributed by atoms with van der Waals surface area (Å²) in [5.74, 6) is 1.03. The topological polar surface area (TPSA) is 49.8 Å². The lowest BCUT2D eigenvalue weighted by Gasteiger charge is -2.24. The molecule has 4 nitrogen and oxygen atoms in total. The summed E-state index contributed by atoms with van der Waals surface area (Å²) in [7, 11) is 0. The first-order chi connectivity index (χ1) is 9.49. The number of rotatable bonds is 7. The largest absolute Gasteiger partial charge is 0.481 e. The van der Waals surface area contributed by atoms with E-state index in [1.807, 2.05) is 31.2 Å². The lowest BCUT2D eigenvalue weighted by molar-refractivity contribution is -0.138. The second-order valence-electron chi connectivity index (χ2n) is 5.13. The van der Waals surface area contributed by atoms with Crippen molar-refractivity contribution >= 4 is 5.91 Å². The summed E-state index contributed by atoms with van der Waals surface area (Å²) in [6.07, 6.45) is -0.552. The van der Waals surface area contributed by atoms with E-state index >= 15 is 0 Å². The van der Waals surface area contributed by atoms with Crippen LogP contribution in [0.25, 0.3) is 0 Å². The third kappa shape index (κ3) is 4.53. The van der Waals surface area contributed by atoms with E-state index < -0.39 is 6.10 Å². The summed E-state index contributed by atoms with van der Waals surface area (Å²) in [5, 5.41) is 8.95. The van der Waals surface area contributed by atoms with Crippen LogP contribution in [0.4, 0.5) is 0 Å². The number of hydrogen-bond donors (Lipinski definition) is 1. The van der Waals surface area contributed by atoms with Crippen LogP contribution in [0, 0.1) is 0 Å². The first-order valence-corrected chi connectivity index (χ1v) is 7.15. The predicted molar refractivity (Wildman–Crippen MR) is 80.0 cm³/mol. The zero-order chi connectivity index (χ0) is 15.1. The van der Waals surface area contributed by atoms with E-state index in [4.69, 9.17) is 9.84 Å². The van der Waals surface area contributed by atoms with Crippen molar-refractivity contribution in [2.75, 3.05) is 19.7 Å². The highest BCUT2D eigenvalue weighted by Crippen LogP contribution is 2.21. The molecule has 0 aromatic heterocycles. The van der Waals surface area contributed by atoms with Gasteiger partial charge in [-0.15, -0.1) is 0 Å². The van der Waals surface area contributed by atoms with E-state index in [-0.39, 0.29) is 12.5 Å². The van der Waals surface area contributed by atoms with Gasteiger partial charge in [0.1, 0.15) is 5.75 Å². The van der Waals surface area contributed by atoms with Gasteiger partial charge >= 0.3 is 0 Å². The summed E-state index contributed by atoms with van der Waals surface area (Å²) >= 11 is 0. The normalized spacial score (nSPS) is 12.3. The van der Waals surface area contributed by atoms with Crippen LogP contribution in [0.1, 0.15) is 39.2 Å². The average Bonchev–Trinajstić information content (AvgIpc) is 2.44. The zero-order valence-corrected chi connectivity index (χ0v) is 12.8. The molecule has 0 heterocycles. The molecule has 1 amide bonds. The van der Waals surface area contributed by atoms with E-state index in [2.05, 4.69) is 13.8 Å². The van der Waals surface area contributed by atoms with Crippen molar-refractivity contribution < 1.29 is 14.6 Å². The number of benzene rings is 1. The Morgan fingerprint density at radius 1 is 1.35 bits per heavy atom. The molecule has 1 aromatic carbocycles. The van der Waals surface area contributed by atoms with Gasteiger partial charge in [-0.1, -0.05) is 26.0 Å². The Balaban J connectivity index is 2.72. The Morgan fingerprint density at radius 3 is 2.60 bits per heavy atom. The van der Waals surface area contributed by atoms with Gasteiger partial charge in [0.15, 0.2) is 6.10 Å². The third-order valence-electron chi connectivity index (χ3n) is 3.25. The summed E-state index contributed by atoms with van der Waals surface area (Å²) in [6.45, 7) is 8.74. The Bertz CT molecular complexity index is 431. The molecular formula is C16H25NO3. The van der Waals surface area contributed by atoms with Gasteiger partial charge in [-0.05, 0) is 37.5 Å². The molecule has 1 atom stereocenters. The van der Waals surface area contributed by atoms with Crippen LogP contribution in [0.5, 0.6) is 5.75 Å². The first kappa shape index (κ1) is 16.5. The maximum absolute atomic E-state index is 12.2. The summed E-state index contributed by atoms with van der Waals surface area (Å²) in [5.41, 5.74) is 1.19. The summed E-state index contributed by atoms with van der Waals surface area (Å²) < 4.78 is 5.72. The van der Waals surface area contributed by atoms with Crippen molar-refractivity contribution in [1.82, 2.24) is 4.90 Å². The molecule has 20 heavy (non-hydrogen) atoms. The van der Waals surface area contributed by atoms with Crippen LogP contribution in [0.15, 0.2) is 24.3 Å². The highest BCUT2D eigenvalue weighted by atomic mass is 16.5. The molecule has 0 bridgehead atoms. The molecule has 0 aliphatic carbocycles. The van der Waals surface area contributed by atoms with Crippen LogP contribution < -0.4 is 4.74 Å². The minimum Gasteiger partial charge on any atom is -0.481 e. The second-order valence-corrected chi connectivity index (χ2v) is 5.13. The van der Waals surface area contributed by atoms with Gasteiger partial charge in [0.2, 0.25) is 0 Å². The minimum atomic E-state index is -0.552. The van der Waals surface area contributed by atoms with Crippen LogP contribution in [0.2, 0.25) is 0 Å². The Kier molecular flexibility index (Phi) is 6.52. The molecule has 1 N–H and O–H groups in total. The lowest BCUT2D eigenvalue weighted by atomic mass is 10.0. The molecule has 0 saturated carbocycles. The number of amides is 1. The molecule has 0 fully saturated rings. The molecule has 1 aromatic rings. The van der Waals surface area contributed by atoms with E-state index in [0.717, 1.165) is 0 Å². The summed E-state index contributed by atoms with van der Waals surface area (Å²) in [6, 6.07) is 7.82. The van der Waals surface area contributed by atoms with Crippen LogP contribution in [-0.4, -0.2) is 41.7 Å². The predicted octanol–water partition coefficient (Wildman–Crippen LogP) is 2.42. The molecule has 0 saturated heterocycles. The maximum Gasteiger partial charge on any atom is 0.263 e. The smallest absolute Gasteiger partial charge is 0.263 e. The van der Waals surface area contributed by atoms with Crippen LogP contribution in [-0.2, 0) is 4.79 Å². The fourth-order valence-electron chi connectivity index (χ4n) is 2.00. The monoisotopic (exact) mass is 279 g/mol. The Hall–Kier alpha value is -1.55. The molecule has 1 unspecified atom stereocenters. The van der Waals surface area contributed by atoms with Gasteiger partial charge in [0.25, 0.3) is 5.91 Å². The number of nitrogens with zero attached hydrogens (tertiary/aromatic N) is 1. The third-order valence-corrected chi connectivity index (χ3v) is 3.25. The van der Waals surface area contributed by atoms with Gasteiger partial charge in [0.05, 0.1) is 6.61 Å². The maximum atomic E-state index is 12.2. The first-order valence-electron chi connectivity index (χ1n) is 7.15. The number of carbonyl (C=O) groups is 1. The molecule has 0 radical (unpaired) electrons. The SMILES string of the molecule is CCN(CCO)C(=O)C(C)Oc1cccc(C(C)C)c1. The van der Waals surface area contributed by atoms with E-state index in [1.54, 1.807) is 11.8 Å². The highest BCUT2D eigenvalue weighted by molar-refractivity contribution is 5.80. The van der Waals surface area contributed by atoms with E-state index in [9.17, 15) is 4.79 Å². The Morgan fingerprint density at radius 2 is 2.05 bits per heavy atom. The van der Waals surface area contributed by atoms with Crippen molar-refractivity contribution in [3.05, 3.63) is 29.8 Å². The standard InChI is InChI=1S/C16H25NO3/c1-5-17(9-10-18)16(19)13(4)20-15-8-6-7-14(11-15)12(2)3/h6-8,11-13,18H,5,9-10H2,1-4H3. The molecule has 0 spiro atoms. The van der Waals surface area contributed by atoms with Gasteiger partial charge < -0.3 is 14.7 Å². The summed E-state index contributed by atoms with van der Waals surface area (Å²) in [4.78, 5) is 13.8. The fraction of sp³-hybridized carbons (Fsp3) is 0.562. The molecule has 0 aliphatic rings. The zero-order valence-electron chi connectivity index (χ0n) is 12.8. The molecular weight excluding hydrogens is 254 g/mol. The van der Waals surface area contributed by atoms with Crippen molar-refractivity contribution in [3.8, 4) is 5.75 Å². The van der Waals surface area contributed by atoms with Gasteiger partial charge in [-0.25, -0.2) is 0 Å². The highest BCUT2D eigenvalue weighted by Gasteiger charge is 2.20. The molecule has 112 valence electrons. The van der Waals surface area contributed by atoms with Crippen molar-refractivity contribution in [1.29, 1.82) is 0 Å². The van der Waals surface area contributed by atoms with Crippen molar-refractivity contribution in [2.45, 2.75) is 39.7 Å². The number of likely N-dealkylation sites (N-methyl/N-ethyl adjacent to an activating group) is 1. The number of carbonyl (C=O) groups excluding carboxylic acids is 1. The number of aliphatic hydroxyl groups excluding tert-OH is 1.